The minimum absolute atomic E-state index is 0.313. The van der Waals surface area contributed by atoms with E-state index >= 15 is 0 Å². The van der Waals surface area contributed by atoms with E-state index < -0.39 is 0 Å². The van der Waals surface area contributed by atoms with E-state index in [1.165, 1.54) is 11.3 Å². The second-order valence-corrected chi connectivity index (χ2v) is 6.49. The van der Waals surface area contributed by atoms with Crippen LogP contribution in [-0.2, 0) is 24.9 Å². The summed E-state index contributed by atoms with van der Waals surface area (Å²) in [4.78, 5) is 6.64. The van der Waals surface area contributed by atoms with Gasteiger partial charge in [-0.15, -0.1) is 0 Å². The number of hydrogen-bond acceptors (Lipinski definition) is 5. The molecular formula is C19H27N3O3. The first-order chi connectivity index (χ1) is 12.2. The standard InChI is InChI=1S/C19H27N3O3/c1-21-14-20-10-16(21)12-22(13-17-5-4-8-25-17)11-15-6-7-18(23-2)19(9-15)24-3/h6-7,9-10,14,17H,4-5,8,11-13H2,1-3H3/t17-/m1/s1. The second-order valence-electron chi connectivity index (χ2n) is 6.49. The van der Waals surface area contributed by atoms with Gasteiger partial charge in [0.15, 0.2) is 11.5 Å². The van der Waals surface area contributed by atoms with Gasteiger partial charge in [0.25, 0.3) is 0 Å². The predicted octanol–water partition coefficient (Wildman–Crippen LogP) is 2.62. The lowest BCUT2D eigenvalue weighted by molar-refractivity contribution is 0.0671. The number of benzene rings is 1. The van der Waals surface area contributed by atoms with E-state index in [4.69, 9.17) is 14.2 Å². The molecule has 0 unspecified atom stereocenters. The molecule has 0 N–H and O–H groups in total. The zero-order chi connectivity index (χ0) is 17.6. The highest BCUT2D eigenvalue weighted by molar-refractivity contribution is 5.42. The SMILES string of the molecule is COc1ccc(CN(Cc2cncn2C)C[C@H]2CCCO2)cc1OC. The molecule has 2 aromatic rings. The van der Waals surface area contributed by atoms with Crippen LogP contribution in [0.2, 0.25) is 0 Å². The largest absolute Gasteiger partial charge is 0.493 e. The van der Waals surface area contributed by atoms with Crippen molar-refractivity contribution < 1.29 is 14.2 Å². The van der Waals surface area contributed by atoms with E-state index in [9.17, 15) is 0 Å². The summed E-state index contributed by atoms with van der Waals surface area (Å²) in [7, 11) is 5.36. The highest BCUT2D eigenvalue weighted by atomic mass is 16.5. The summed E-state index contributed by atoms with van der Waals surface area (Å²) in [5, 5.41) is 0. The Hall–Kier alpha value is -2.05. The molecule has 1 fully saturated rings. The Morgan fingerprint density at radius 1 is 1.24 bits per heavy atom. The van der Waals surface area contributed by atoms with E-state index in [-0.39, 0.29) is 0 Å². The van der Waals surface area contributed by atoms with Gasteiger partial charge in [-0.1, -0.05) is 6.07 Å². The summed E-state index contributed by atoms with van der Waals surface area (Å²) in [5.41, 5.74) is 2.39. The van der Waals surface area contributed by atoms with Gasteiger partial charge in [-0.3, -0.25) is 4.90 Å². The lowest BCUT2D eigenvalue weighted by atomic mass is 10.1. The average molecular weight is 345 g/mol. The number of hydrogen-bond donors (Lipinski definition) is 0. The molecule has 1 aromatic heterocycles. The molecule has 1 aromatic carbocycles. The maximum Gasteiger partial charge on any atom is 0.161 e. The fourth-order valence-electron chi connectivity index (χ4n) is 3.26. The molecule has 0 bridgehead atoms. The molecule has 0 spiro atoms. The molecule has 0 amide bonds. The third-order valence-corrected chi connectivity index (χ3v) is 4.64. The third kappa shape index (κ3) is 4.52. The van der Waals surface area contributed by atoms with Crippen LogP contribution in [-0.4, -0.2) is 47.9 Å². The van der Waals surface area contributed by atoms with Crippen LogP contribution < -0.4 is 9.47 Å². The molecule has 6 heteroatoms. The lowest BCUT2D eigenvalue weighted by Gasteiger charge is -2.25. The van der Waals surface area contributed by atoms with Gasteiger partial charge >= 0.3 is 0 Å². The second kappa shape index (κ2) is 8.36. The van der Waals surface area contributed by atoms with Gasteiger partial charge in [-0.2, -0.15) is 0 Å². The highest BCUT2D eigenvalue weighted by Crippen LogP contribution is 2.28. The third-order valence-electron chi connectivity index (χ3n) is 4.64. The summed E-state index contributed by atoms with van der Waals surface area (Å²) in [6.45, 7) is 3.45. The van der Waals surface area contributed by atoms with Crippen molar-refractivity contribution in [1.82, 2.24) is 14.5 Å². The summed E-state index contributed by atoms with van der Waals surface area (Å²) >= 11 is 0. The van der Waals surface area contributed by atoms with Crippen molar-refractivity contribution in [2.24, 2.45) is 7.05 Å². The average Bonchev–Trinajstić information content (AvgIpc) is 3.27. The molecule has 0 aliphatic carbocycles. The molecule has 1 atom stereocenters. The summed E-state index contributed by atoms with van der Waals surface area (Å²) in [6, 6.07) is 6.10. The van der Waals surface area contributed by atoms with Crippen molar-refractivity contribution in [3.8, 4) is 11.5 Å². The van der Waals surface area contributed by atoms with Crippen molar-refractivity contribution in [3.05, 3.63) is 42.0 Å². The van der Waals surface area contributed by atoms with Crippen molar-refractivity contribution in [3.63, 3.8) is 0 Å². The number of methoxy groups -OCH3 is 2. The maximum absolute atomic E-state index is 5.84. The highest BCUT2D eigenvalue weighted by Gasteiger charge is 2.20. The van der Waals surface area contributed by atoms with Crippen LogP contribution in [0.25, 0.3) is 0 Å². The maximum atomic E-state index is 5.84. The monoisotopic (exact) mass is 345 g/mol. The van der Waals surface area contributed by atoms with E-state index in [0.29, 0.717) is 6.10 Å². The molecule has 25 heavy (non-hydrogen) atoms. The van der Waals surface area contributed by atoms with Gasteiger partial charge in [-0.05, 0) is 30.5 Å². The molecule has 0 radical (unpaired) electrons. The van der Waals surface area contributed by atoms with Gasteiger partial charge in [0, 0.05) is 39.5 Å². The quantitative estimate of drug-likeness (QED) is 0.736. The Bertz CT molecular complexity index is 680. The van der Waals surface area contributed by atoms with E-state index in [0.717, 1.165) is 50.6 Å². The first kappa shape index (κ1) is 17.8. The molecule has 2 heterocycles. The Morgan fingerprint density at radius 3 is 2.72 bits per heavy atom. The molecular weight excluding hydrogens is 318 g/mol. The number of aromatic nitrogens is 2. The first-order valence-corrected chi connectivity index (χ1v) is 8.69. The Kier molecular flexibility index (Phi) is 5.94. The van der Waals surface area contributed by atoms with Crippen LogP contribution in [0.3, 0.4) is 0 Å². The Balaban J connectivity index is 1.75. The van der Waals surface area contributed by atoms with Gasteiger partial charge in [0.05, 0.1) is 32.3 Å². The fourth-order valence-corrected chi connectivity index (χ4v) is 3.26. The smallest absolute Gasteiger partial charge is 0.161 e. The fraction of sp³-hybridized carbons (Fsp3) is 0.526. The van der Waals surface area contributed by atoms with Crippen LogP contribution in [0.5, 0.6) is 11.5 Å². The zero-order valence-corrected chi connectivity index (χ0v) is 15.3. The van der Waals surface area contributed by atoms with Crippen molar-refractivity contribution >= 4 is 0 Å². The topological polar surface area (TPSA) is 48.8 Å². The van der Waals surface area contributed by atoms with E-state index in [1.54, 1.807) is 14.2 Å². The molecule has 1 aliphatic rings. The van der Waals surface area contributed by atoms with Gasteiger partial charge in [0.2, 0.25) is 0 Å². The van der Waals surface area contributed by atoms with Gasteiger partial charge in [0.1, 0.15) is 0 Å². The predicted molar refractivity (Wildman–Crippen MR) is 95.8 cm³/mol. The number of aryl methyl sites for hydroxylation is 1. The Labute approximate surface area is 149 Å². The summed E-state index contributed by atoms with van der Waals surface area (Å²) in [5.74, 6) is 1.51. The minimum atomic E-state index is 0.313. The lowest BCUT2D eigenvalue weighted by Crippen LogP contribution is -2.32. The van der Waals surface area contributed by atoms with Crippen molar-refractivity contribution in [1.29, 1.82) is 0 Å². The molecule has 136 valence electrons. The molecule has 1 aliphatic heterocycles. The number of nitrogens with zero attached hydrogens (tertiary/aromatic N) is 3. The molecule has 1 saturated heterocycles. The van der Waals surface area contributed by atoms with E-state index in [1.807, 2.05) is 31.7 Å². The van der Waals surface area contributed by atoms with Crippen LogP contribution in [0.4, 0.5) is 0 Å². The number of ether oxygens (including phenoxy) is 3. The van der Waals surface area contributed by atoms with Gasteiger partial charge in [-0.25, -0.2) is 4.98 Å². The number of rotatable bonds is 8. The van der Waals surface area contributed by atoms with Crippen molar-refractivity contribution in [2.45, 2.75) is 32.0 Å². The van der Waals surface area contributed by atoms with Crippen molar-refractivity contribution in [2.75, 3.05) is 27.4 Å². The van der Waals surface area contributed by atoms with E-state index in [2.05, 4.69) is 20.5 Å². The Morgan fingerprint density at radius 2 is 2.08 bits per heavy atom. The van der Waals surface area contributed by atoms with Crippen LogP contribution >= 0.6 is 0 Å². The minimum Gasteiger partial charge on any atom is -0.493 e. The first-order valence-electron chi connectivity index (χ1n) is 8.69. The molecule has 6 nitrogen and oxygen atoms in total. The number of imidazole rings is 1. The zero-order valence-electron chi connectivity index (χ0n) is 15.3. The van der Waals surface area contributed by atoms with Crippen LogP contribution in [0.1, 0.15) is 24.1 Å². The van der Waals surface area contributed by atoms with Crippen LogP contribution in [0.15, 0.2) is 30.7 Å². The molecule has 0 saturated carbocycles. The molecule has 3 rings (SSSR count). The normalized spacial score (nSPS) is 17.2. The van der Waals surface area contributed by atoms with Crippen LogP contribution in [0, 0.1) is 0 Å². The van der Waals surface area contributed by atoms with Gasteiger partial charge < -0.3 is 18.8 Å². The summed E-state index contributed by atoms with van der Waals surface area (Å²) < 4.78 is 18.7. The summed E-state index contributed by atoms with van der Waals surface area (Å²) in [6.07, 6.45) is 6.37.